The molecular formula is C21H28N2O3S. The molecule has 1 aliphatic rings. The summed E-state index contributed by atoms with van der Waals surface area (Å²) < 4.78 is 31.5. The van der Waals surface area contributed by atoms with E-state index in [1.165, 1.54) is 0 Å². The van der Waals surface area contributed by atoms with Crippen LogP contribution in [0.2, 0.25) is 0 Å². The normalized spacial score (nSPS) is 15.7. The Labute approximate surface area is 162 Å². The Bertz CT molecular complexity index is 894. The molecule has 1 aliphatic heterocycles. The predicted octanol–water partition coefficient (Wildman–Crippen LogP) is 3.38. The van der Waals surface area contributed by atoms with Gasteiger partial charge in [-0.15, -0.1) is 0 Å². The molecule has 0 bridgehead atoms. The highest BCUT2D eigenvalue weighted by Gasteiger charge is 2.22. The maximum absolute atomic E-state index is 13.0. The molecule has 3 rings (SSSR count). The molecule has 0 atom stereocenters. The van der Waals surface area contributed by atoms with Crippen molar-refractivity contribution >= 4 is 21.2 Å². The number of benzene rings is 2. The molecule has 6 heteroatoms. The fraction of sp³-hybridized carbons (Fsp3) is 0.429. The van der Waals surface area contributed by atoms with Gasteiger partial charge >= 0.3 is 0 Å². The zero-order valence-electron chi connectivity index (χ0n) is 16.2. The van der Waals surface area contributed by atoms with Gasteiger partial charge in [-0.3, -0.25) is 0 Å². The second kappa shape index (κ2) is 7.52. The lowest BCUT2D eigenvalue weighted by molar-refractivity contribution is 0.122. The van der Waals surface area contributed by atoms with Gasteiger partial charge in [0, 0.05) is 24.5 Å². The Morgan fingerprint density at radius 1 is 1.04 bits per heavy atom. The average Bonchev–Trinajstić information content (AvgIpc) is 2.62. The summed E-state index contributed by atoms with van der Waals surface area (Å²) in [6, 6.07) is 12.7. The van der Waals surface area contributed by atoms with Crippen LogP contribution in [0.5, 0.6) is 0 Å². The zero-order chi connectivity index (χ0) is 19.7. The van der Waals surface area contributed by atoms with E-state index in [-0.39, 0.29) is 11.2 Å². The molecule has 0 saturated carbocycles. The molecule has 27 heavy (non-hydrogen) atoms. The lowest BCUT2D eigenvalue weighted by atomic mass is 9.87. The molecule has 0 amide bonds. The first-order valence-corrected chi connectivity index (χ1v) is 10.9. The molecule has 146 valence electrons. The number of morpholine rings is 1. The van der Waals surface area contributed by atoms with Crippen LogP contribution < -0.4 is 10.6 Å². The molecule has 2 aromatic rings. The summed E-state index contributed by atoms with van der Waals surface area (Å²) in [5.41, 5.74) is 9.26. The Morgan fingerprint density at radius 3 is 2.26 bits per heavy atom. The van der Waals surface area contributed by atoms with E-state index < -0.39 is 9.84 Å². The third-order valence-electron chi connectivity index (χ3n) is 4.88. The largest absolute Gasteiger partial charge is 0.399 e. The second-order valence-corrected chi connectivity index (χ2v) is 10.0. The molecule has 2 aromatic carbocycles. The number of anilines is 2. The number of ether oxygens (including phenoxy) is 1. The summed E-state index contributed by atoms with van der Waals surface area (Å²) in [4.78, 5) is 2.50. The number of nitrogen functional groups attached to an aromatic ring is 1. The van der Waals surface area contributed by atoms with E-state index in [1.807, 2.05) is 24.3 Å². The zero-order valence-corrected chi connectivity index (χ0v) is 17.1. The van der Waals surface area contributed by atoms with Crippen molar-refractivity contribution < 1.29 is 13.2 Å². The first kappa shape index (κ1) is 19.7. The number of hydrogen-bond acceptors (Lipinski definition) is 5. The van der Waals surface area contributed by atoms with Gasteiger partial charge < -0.3 is 15.4 Å². The van der Waals surface area contributed by atoms with Gasteiger partial charge in [-0.05, 0) is 46.9 Å². The van der Waals surface area contributed by atoms with Crippen molar-refractivity contribution in [2.24, 2.45) is 0 Å². The number of nitrogens with zero attached hydrogens (tertiary/aromatic N) is 1. The highest BCUT2D eigenvalue weighted by Crippen LogP contribution is 2.29. The standard InChI is InChI=1S/C21H28N2O3S/c1-21(2,3)17-4-7-19(8-5-17)27(24,25)15-16-14-18(22)6-9-20(16)23-10-12-26-13-11-23/h4-9,14H,10-13,15,22H2,1-3H3. The highest BCUT2D eigenvalue weighted by atomic mass is 32.2. The molecule has 0 aliphatic carbocycles. The monoisotopic (exact) mass is 388 g/mol. The maximum Gasteiger partial charge on any atom is 0.182 e. The van der Waals surface area contributed by atoms with Crippen LogP contribution in [-0.2, 0) is 25.7 Å². The summed E-state index contributed by atoms with van der Waals surface area (Å²) in [5.74, 6) is -0.0698. The summed E-state index contributed by atoms with van der Waals surface area (Å²) >= 11 is 0. The van der Waals surface area contributed by atoms with Crippen molar-refractivity contribution in [1.29, 1.82) is 0 Å². The number of nitrogens with two attached hydrogens (primary N) is 1. The number of sulfone groups is 1. The van der Waals surface area contributed by atoms with E-state index in [2.05, 4.69) is 25.7 Å². The molecule has 2 N–H and O–H groups in total. The van der Waals surface area contributed by atoms with Gasteiger partial charge in [0.05, 0.1) is 23.9 Å². The van der Waals surface area contributed by atoms with E-state index in [1.54, 1.807) is 18.2 Å². The van der Waals surface area contributed by atoms with E-state index >= 15 is 0 Å². The fourth-order valence-corrected chi connectivity index (χ4v) is 4.64. The third-order valence-corrected chi connectivity index (χ3v) is 6.56. The Morgan fingerprint density at radius 2 is 1.67 bits per heavy atom. The van der Waals surface area contributed by atoms with Crippen LogP contribution in [0.15, 0.2) is 47.4 Å². The summed E-state index contributed by atoms with van der Waals surface area (Å²) in [7, 11) is -3.47. The fourth-order valence-electron chi connectivity index (χ4n) is 3.28. The van der Waals surface area contributed by atoms with Crippen molar-refractivity contribution in [2.45, 2.75) is 36.8 Å². The van der Waals surface area contributed by atoms with Crippen LogP contribution in [0, 0.1) is 0 Å². The minimum absolute atomic E-state index is 0.0142. The Balaban J connectivity index is 1.90. The quantitative estimate of drug-likeness (QED) is 0.813. The third kappa shape index (κ3) is 4.62. The Hall–Kier alpha value is -2.05. The Kier molecular flexibility index (Phi) is 5.49. The first-order valence-electron chi connectivity index (χ1n) is 9.21. The topological polar surface area (TPSA) is 72.6 Å². The predicted molar refractivity (Wildman–Crippen MR) is 110 cm³/mol. The molecule has 0 radical (unpaired) electrons. The summed E-state index contributed by atoms with van der Waals surface area (Å²) in [6.45, 7) is 9.11. The van der Waals surface area contributed by atoms with Gasteiger partial charge in [-0.1, -0.05) is 32.9 Å². The van der Waals surface area contributed by atoms with Crippen LogP contribution in [0.25, 0.3) is 0 Å². The van der Waals surface area contributed by atoms with E-state index in [9.17, 15) is 8.42 Å². The first-order chi connectivity index (χ1) is 12.7. The average molecular weight is 389 g/mol. The molecule has 1 fully saturated rings. The van der Waals surface area contributed by atoms with Gasteiger partial charge in [0.25, 0.3) is 0 Å². The van der Waals surface area contributed by atoms with Crippen molar-refractivity contribution in [1.82, 2.24) is 0 Å². The molecule has 0 spiro atoms. The van der Waals surface area contributed by atoms with Crippen LogP contribution in [0.4, 0.5) is 11.4 Å². The molecule has 1 heterocycles. The van der Waals surface area contributed by atoms with Crippen molar-refractivity contribution in [2.75, 3.05) is 36.9 Å². The van der Waals surface area contributed by atoms with Gasteiger partial charge in [-0.2, -0.15) is 0 Å². The molecule has 1 saturated heterocycles. The van der Waals surface area contributed by atoms with Gasteiger partial charge in [0.1, 0.15) is 0 Å². The van der Waals surface area contributed by atoms with Crippen LogP contribution >= 0.6 is 0 Å². The summed E-state index contributed by atoms with van der Waals surface area (Å²) in [6.07, 6.45) is 0. The lowest BCUT2D eigenvalue weighted by Gasteiger charge is -2.30. The van der Waals surface area contributed by atoms with E-state index in [4.69, 9.17) is 10.5 Å². The van der Waals surface area contributed by atoms with Crippen molar-refractivity contribution in [3.63, 3.8) is 0 Å². The molecule has 0 aromatic heterocycles. The molecule has 5 nitrogen and oxygen atoms in total. The minimum atomic E-state index is -3.47. The second-order valence-electron chi connectivity index (χ2n) is 8.02. The van der Waals surface area contributed by atoms with E-state index in [0.717, 1.165) is 29.9 Å². The van der Waals surface area contributed by atoms with Crippen molar-refractivity contribution in [3.8, 4) is 0 Å². The van der Waals surface area contributed by atoms with Gasteiger partial charge in [-0.25, -0.2) is 8.42 Å². The van der Waals surface area contributed by atoms with Crippen LogP contribution in [0.1, 0.15) is 31.9 Å². The van der Waals surface area contributed by atoms with Crippen molar-refractivity contribution in [3.05, 3.63) is 53.6 Å². The van der Waals surface area contributed by atoms with Crippen LogP contribution in [-0.4, -0.2) is 34.7 Å². The van der Waals surface area contributed by atoms with Crippen LogP contribution in [0.3, 0.4) is 0 Å². The highest BCUT2D eigenvalue weighted by molar-refractivity contribution is 7.90. The number of hydrogen-bond donors (Lipinski definition) is 1. The van der Waals surface area contributed by atoms with E-state index in [0.29, 0.717) is 23.8 Å². The smallest absolute Gasteiger partial charge is 0.182 e. The molecule has 0 unspecified atom stereocenters. The molecular weight excluding hydrogens is 360 g/mol. The summed E-state index contributed by atoms with van der Waals surface area (Å²) in [5, 5.41) is 0. The van der Waals surface area contributed by atoms with Gasteiger partial charge in [0.15, 0.2) is 9.84 Å². The van der Waals surface area contributed by atoms with Gasteiger partial charge in [0.2, 0.25) is 0 Å². The minimum Gasteiger partial charge on any atom is -0.399 e. The number of rotatable bonds is 4. The lowest BCUT2D eigenvalue weighted by Crippen LogP contribution is -2.36. The maximum atomic E-state index is 13.0. The SMILES string of the molecule is CC(C)(C)c1ccc(S(=O)(=O)Cc2cc(N)ccc2N2CCOCC2)cc1.